The molecule has 2 aromatic carbocycles. The molecule has 2 aliphatic heterocycles. The van der Waals surface area contributed by atoms with Crippen LogP contribution < -0.4 is 5.43 Å². The van der Waals surface area contributed by atoms with Gasteiger partial charge in [0.05, 0.1) is 44.4 Å². The lowest BCUT2D eigenvalue weighted by atomic mass is 10.1. The second kappa shape index (κ2) is 15.4. The third-order valence-electron chi connectivity index (χ3n) is 8.29. The largest absolute Gasteiger partial charge is 0.416 e. The summed E-state index contributed by atoms with van der Waals surface area (Å²) >= 11 is 14.1. The van der Waals surface area contributed by atoms with Crippen molar-refractivity contribution in [1.82, 2.24) is 29.6 Å². The molecule has 6 rings (SSSR count). The van der Waals surface area contributed by atoms with Gasteiger partial charge in [0.15, 0.2) is 5.69 Å². The summed E-state index contributed by atoms with van der Waals surface area (Å²) in [5.74, 6) is 5.33. The molecule has 0 aliphatic carbocycles. The number of thiol groups is 1. The van der Waals surface area contributed by atoms with Gasteiger partial charge in [0.2, 0.25) is 10.9 Å². The number of halogens is 5. The number of carbonyl (C=O) groups excluding carboxylic acids is 1. The second-order valence-corrected chi connectivity index (χ2v) is 14.6. The number of thiophene rings is 1. The fourth-order valence-corrected chi connectivity index (χ4v) is 7.84. The van der Waals surface area contributed by atoms with Gasteiger partial charge in [0.1, 0.15) is 0 Å². The first-order valence-corrected chi connectivity index (χ1v) is 18.3. The van der Waals surface area contributed by atoms with Gasteiger partial charge >= 0.3 is 6.18 Å². The molecule has 2 fully saturated rings. The van der Waals surface area contributed by atoms with Crippen molar-refractivity contribution in [3.05, 3.63) is 91.9 Å². The number of rotatable bonds is 8. The van der Waals surface area contributed by atoms with Crippen molar-refractivity contribution >= 4 is 51.3 Å². The number of carbonyl (C=O) groups is 1. The van der Waals surface area contributed by atoms with E-state index in [9.17, 15) is 31.5 Å². The number of amides is 1. The average Bonchev–Trinajstić information content (AvgIpc) is 3.81. The first-order chi connectivity index (χ1) is 23.9. The van der Waals surface area contributed by atoms with Gasteiger partial charge in [-0.2, -0.15) is 18.3 Å². The number of aromatic nitrogens is 2. The van der Waals surface area contributed by atoms with E-state index in [1.165, 1.54) is 39.2 Å². The third kappa shape index (κ3) is 8.35. The van der Waals surface area contributed by atoms with Crippen LogP contribution in [0.25, 0.3) is 16.3 Å². The first-order valence-electron chi connectivity index (χ1n) is 15.6. The van der Waals surface area contributed by atoms with Crippen LogP contribution in [-0.4, -0.2) is 75.9 Å². The Morgan fingerprint density at radius 3 is 2.42 bits per heavy atom. The zero-order chi connectivity index (χ0) is 35.6. The minimum atomic E-state index is -4.46. The summed E-state index contributed by atoms with van der Waals surface area (Å²) in [5.41, 5.74) is 3.56. The Bertz CT molecular complexity index is 2010. The van der Waals surface area contributed by atoms with E-state index in [2.05, 4.69) is 17.3 Å². The number of benzene rings is 2. The molecule has 2 saturated heterocycles. The number of hydrogen-bond donors (Lipinski definition) is 3. The maximum atomic E-state index is 14.0. The van der Waals surface area contributed by atoms with Crippen LogP contribution in [0.4, 0.5) is 13.2 Å². The second-order valence-electron chi connectivity index (χ2n) is 11.8. The van der Waals surface area contributed by atoms with Gasteiger partial charge in [0, 0.05) is 42.3 Å². The number of hydrogen-bond acceptors (Lipinski definition) is 8. The van der Waals surface area contributed by atoms with Crippen LogP contribution in [0.2, 0.25) is 10.0 Å². The summed E-state index contributed by atoms with van der Waals surface area (Å²) in [7, 11) is -3.20. The number of aliphatic hydroxyl groups is 1. The SMILES string of the molecule is O=C(NN1CCCCC1)c1nn(-c2ccc(Cl)cc2Cl)c(-c2ccc(C#Cc3ccc(C(F)(F)F)cc3)s2)c1CN(N1CC[C@H](O)C1)[SH](=O)=O. The highest BCUT2D eigenvalue weighted by atomic mass is 35.5. The highest BCUT2D eigenvalue weighted by Crippen LogP contribution is 2.38. The molecule has 0 saturated carbocycles. The van der Waals surface area contributed by atoms with Crippen LogP contribution in [0, 0.1) is 11.8 Å². The van der Waals surface area contributed by atoms with Crippen molar-refractivity contribution in [1.29, 1.82) is 0 Å². The Morgan fingerprint density at radius 1 is 1.04 bits per heavy atom. The van der Waals surface area contributed by atoms with Crippen LogP contribution in [0.1, 0.15) is 57.7 Å². The molecule has 50 heavy (non-hydrogen) atoms. The Kier molecular flexibility index (Phi) is 11.2. The summed E-state index contributed by atoms with van der Waals surface area (Å²) in [5, 5.41) is 18.9. The lowest BCUT2D eigenvalue weighted by Gasteiger charge is -2.27. The van der Waals surface area contributed by atoms with Gasteiger partial charge in [-0.3, -0.25) is 10.2 Å². The minimum absolute atomic E-state index is 0.0241. The summed E-state index contributed by atoms with van der Waals surface area (Å²) in [6.07, 6.45) is -1.95. The molecule has 264 valence electrons. The molecule has 1 atom stereocenters. The topological polar surface area (TPSA) is 111 Å². The standard InChI is InChI=1S/C33H31Cl2F3N6O4S2/c34-23-9-12-28(27(35)18-23)44-31(29-13-11-25(49-29)10-6-21-4-7-22(8-5-21)33(36,37)38)26(20-43(50(47)48)42-17-14-24(45)19-42)30(39-44)32(46)40-41-15-2-1-3-16-41/h4-5,7-9,11-13,18,24,45,50H,1-3,14-17,19-20H2,(H,40,46)/t24-/m0/s1. The van der Waals surface area contributed by atoms with Crippen molar-refractivity contribution in [2.45, 2.75) is 44.5 Å². The number of alkyl halides is 3. The van der Waals surface area contributed by atoms with E-state index < -0.39 is 34.6 Å². The average molecular weight is 768 g/mol. The summed E-state index contributed by atoms with van der Waals surface area (Å²) < 4.78 is 67.1. The molecular weight excluding hydrogens is 736 g/mol. The quantitative estimate of drug-likeness (QED) is 0.155. The zero-order valence-corrected chi connectivity index (χ0v) is 29.5. The zero-order valence-electron chi connectivity index (χ0n) is 26.3. The van der Waals surface area contributed by atoms with Crippen molar-refractivity contribution in [3.8, 4) is 28.1 Å². The smallest absolute Gasteiger partial charge is 0.392 e. The molecule has 0 radical (unpaired) electrons. The van der Waals surface area contributed by atoms with E-state index in [1.54, 1.807) is 24.3 Å². The maximum absolute atomic E-state index is 14.0. The number of hydrazine groups is 2. The normalized spacial score (nSPS) is 17.3. The summed E-state index contributed by atoms with van der Waals surface area (Å²) in [6.45, 7) is 1.39. The van der Waals surface area contributed by atoms with Crippen LogP contribution in [-0.2, 0) is 23.6 Å². The molecule has 10 nitrogen and oxygen atoms in total. The molecular formula is C33H31Cl2F3N6O4S2. The van der Waals surface area contributed by atoms with Crippen molar-refractivity contribution in [2.24, 2.45) is 0 Å². The molecule has 17 heteroatoms. The van der Waals surface area contributed by atoms with E-state index in [0.717, 1.165) is 35.8 Å². The minimum Gasteiger partial charge on any atom is -0.392 e. The van der Waals surface area contributed by atoms with E-state index in [1.807, 2.05) is 5.01 Å². The van der Waals surface area contributed by atoms with E-state index in [0.29, 0.717) is 51.2 Å². The fraction of sp³-hybridized carbons (Fsp3) is 0.333. The monoisotopic (exact) mass is 766 g/mol. The predicted molar refractivity (Wildman–Crippen MR) is 185 cm³/mol. The first kappa shape index (κ1) is 36.3. The van der Waals surface area contributed by atoms with Crippen molar-refractivity contribution < 1.29 is 31.5 Å². The molecule has 0 unspecified atom stereocenters. The number of aliphatic hydroxyl groups excluding tert-OH is 1. The molecule has 0 spiro atoms. The van der Waals surface area contributed by atoms with E-state index in [4.69, 9.17) is 28.3 Å². The van der Waals surface area contributed by atoms with Gasteiger partial charge < -0.3 is 5.11 Å². The van der Waals surface area contributed by atoms with Crippen LogP contribution in [0.15, 0.2) is 54.6 Å². The number of nitrogens with one attached hydrogen (secondary N) is 1. The Balaban J connectivity index is 1.47. The molecule has 2 aliphatic rings. The molecule has 2 N–H and O–H groups in total. The summed E-state index contributed by atoms with van der Waals surface area (Å²) in [4.78, 5) is 15.1. The van der Waals surface area contributed by atoms with E-state index >= 15 is 0 Å². The summed E-state index contributed by atoms with van der Waals surface area (Å²) in [6, 6.07) is 12.8. The van der Waals surface area contributed by atoms with Gasteiger partial charge in [-0.15, -0.1) is 15.8 Å². The van der Waals surface area contributed by atoms with Gasteiger partial charge in [0.25, 0.3) is 5.91 Å². The molecule has 4 aromatic rings. The Labute approximate surface area is 302 Å². The third-order valence-corrected chi connectivity index (χ3v) is 10.6. The Hall–Kier alpha value is -3.46. The highest BCUT2D eigenvalue weighted by Gasteiger charge is 2.34. The number of nitrogens with zero attached hydrogens (tertiary/aromatic N) is 5. The van der Waals surface area contributed by atoms with E-state index in [-0.39, 0.29) is 35.9 Å². The van der Waals surface area contributed by atoms with Gasteiger partial charge in [-0.05, 0) is 73.9 Å². The van der Waals surface area contributed by atoms with Crippen LogP contribution >= 0.6 is 34.5 Å². The predicted octanol–water partition coefficient (Wildman–Crippen LogP) is 5.77. The fourth-order valence-electron chi connectivity index (χ4n) is 5.81. The number of β-amino-alcohol motifs (C(OH)–C–C–N with tert-alkyl or cyclic N) is 1. The van der Waals surface area contributed by atoms with Crippen molar-refractivity contribution in [3.63, 3.8) is 0 Å². The lowest BCUT2D eigenvalue weighted by Crippen LogP contribution is -2.45. The van der Waals surface area contributed by atoms with Crippen LogP contribution in [0.5, 0.6) is 0 Å². The van der Waals surface area contributed by atoms with Crippen molar-refractivity contribution in [2.75, 3.05) is 26.2 Å². The number of piperidine rings is 1. The molecule has 1 amide bonds. The molecule has 2 aromatic heterocycles. The molecule has 4 heterocycles. The molecule has 0 bridgehead atoms. The van der Waals surface area contributed by atoms with Gasteiger partial charge in [-0.1, -0.05) is 41.5 Å². The lowest BCUT2D eigenvalue weighted by molar-refractivity contribution is -0.137. The Morgan fingerprint density at radius 2 is 1.78 bits per heavy atom. The van der Waals surface area contributed by atoms with Crippen LogP contribution in [0.3, 0.4) is 0 Å². The highest BCUT2D eigenvalue weighted by molar-refractivity contribution is 7.69. The van der Waals surface area contributed by atoms with Gasteiger partial charge in [-0.25, -0.2) is 23.1 Å². The maximum Gasteiger partial charge on any atom is 0.416 e.